The van der Waals surface area contributed by atoms with E-state index in [1.54, 1.807) is 0 Å². The van der Waals surface area contributed by atoms with Gasteiger partial charge in [-0.15, -0.1) is 0 Å². The van der Waals surface area contributed by atoms with Crippen molar-refractivity contribution in [3.8, 4) is 0 Å². The third-order valence-electron chi connectivity index (χ3n) is 16.1. The molecule has 19 heteroatoms. The first-order valence-corrected chi connectivity index (χ1v) is 40.2. The second-order valence-corrected chi connectivity index (χ2v) is 28.1. The average molecular weight is 1350 g/mol. The number of hydrogen-bond donors (Lipinski definition) is 3. The summed E-state index contributed by atoms with van der Waals surface area (Å²) in [5.41, 5.74) is 0. The number of phosphoric acid groups is 2. The lowest BCUT2D eigenvalue weighted by Gasteiger charge is -2.21. The normalized spacial score (nSPS) is 14.2. The van der Waals surface area contributed by atoms with Gasteiger partial charge in [-0.2, -0.15) is 0 Å². The second kappa shape index (κ2) is 66.9. The third kappa shape index (κ3) is 65.9. The quantitative estimate of drug-likeness (QED) is 0.0169. The smallest absolute Gasteiger partial charge is 0.462 e. The molecule has 0 rings (SSSR count). The molecule has 0 saturated heterocycles. The monoisotopic (exact) mass is 1350 g/mol. The van der Waals surface area contributed by atoms with E-state index in [1.807, 2.05) is 0 Å². The van der Waals surface area contributed by atoms with Gasteiger partial charge in [0.15, 0.2) is 12.2 Å². The average Bonchev–Trinajstić information content (AvgIpc) is 2.25. The minimum Gasteiger partial charge on any atom is -0.462 e. The second-order valence-electron chi connectivity index (χ2n) is 25.2. The Balaban J connectivity index is 5.29. The van der Waals surface area contributed by atoms with Crippen molar-refractivity contribution >= 4 is 39.5 Å². The number of esters is 4. The van der Waals surface area contributed by atoms with Crippen molar-refractivity contribution in [1.29, 1.82) is 0 Å². The van der Waals surface area contributed by atoms with Crippen molar-refractivity contribution in [2.24, 2.45) is 0 Å². The zero-order chi connectivity index (χ0) is 67.5. The van der Waals surface area contributed by atoms with Crippen molar-refractivity contribution in [2.75, 3.05) is 39.6 Å². The molecule has 0 aromatic rings. The summed E-state index contributed by atoms with van der Waals surface area (Å²) in [6.45, 7) is 4.85. The summed E-state index contributed by atoms with van der Waals surface area (Å²) in [5.74, 6) is -2.17. The summed E-state index contributed by atoms with van der Waals surface area (Å²) in [6.07, 6.45) is 60.0. The van der Waals surface area contributed by atoms with Crippen LogP contribution in [-0.2, 0) is 65.4 Å². The van der Waals surface area contributed by atoms with Crippen LogP contribution in [0.4, 0.5) is 0 Å². The number of allylic oxidation sites excluding steroid dienone is 6. The number of carbonyl (C=O) groups excluding carboxylic acids is 4. The number of phosphoric ester groups is 2. The number of aliphatic hydroxyl groups excluding tert-OH is 1. The lowest BCUT2D eigenvalue weighted by atomic mass is 10.1. The molecular formula is C73H136O17P2. The van der Waals surface area contributed by atoms with Gasteiger partial charge in [0.1, 0.15) is 19.3 Å². The van der Waals surface area contributed by atoms with Crippen LogP contribution in [0.15, 0.2) is 36.5 Å². The number of hydrogen-bond acceptors (Lipinski definition) is 15. The molecule has 0 aromatic carbocycles. The van der Waals surface area contributed by atoms with Crippen LogP contribution >= 0.6 is 15.6 Å². The molecule has 0 fully saturated rings. The van der Waals surface area contributed by atoms with Crippen molar-refractivity contribution < 1.29 is 80.2 Å². The van der Waals surface area contributed by atoms with E-state index < -0.39 is 97.5 Å². The zero-order valence-corrected chi connectivity index (χ0v) is 60.5. The summed E-state index contributed by atoms with van der Waals surface area (Å²) in [6, 6.07) is 0. The molecule has 0 amide bonds. The maximum absolute atomic E-state index is 13.0. The first kappa shape index (κ1) is 89.3. The molecule has 0 heterocycles. The van der Waals surface area contributed by atoms with Gasteiger partial charge in [0.25, 0.3) is 0 Å². The van der Waals surface area contributed by atoms with E-state index in [0.717, 1.165) is 141 Å². The highest BCUT2D eigenvalue weighted by Gasteiger charge is 2.30. The molecule has 0 bridgehead atoms. The van der Waals surface area contributed by atoms with Gasteiger partial charge in [0.05, 0.1) is 26.4 Å². The van der Waals surface area contributed by atoms with Crippen LogP contribution in [0, 0.1) is 0 Å². The van der Waals surface area contributed by atoms with Crippen LogP contribution in [0.5, 0.6) is 0 Å². The molecule has 0 spiro atoms. The molecule has 92 heavy (non-hydrogen) atoms. The van der Waals surface area contributed by atoms with E-state index in [9.17, 15) is 43.2 Å². The Hall–Kier alpha value is -2.72. The third-order valence-corrected chi connectivity index (χ3v) is 18.0. The largest absolute Gasteiger partial charge is 0.472 e. The van der Waals surface area contributed by atoms with E-state index >= 15 is 0 Å². The first-order chi connectivity index (χ1) is 44.7. The molecule has 0 aliphatic rings. The summed E-state index contributed by atoms with van der Waals surface area (Å²) in [4.78, 5) is 72.6. The highest BCUT2D eigenvalue weighted by atomic mass is 31.2. The molecule has 0 radical (unpaired) electrons. The Morgan fingerprint density at radius 2 is 0.500 bits per heavy atom. The van der Waals surface area contributed by atoms with Crippen LogP contribution in [-0.4, -0.2) is 96.7 Å². The van der Waals surface area contributed by atoms with Crippen molar-refractivity contribution in [1.82, 2.24) is 0 Å². The van der Waals surface area contributed by atoms with E-state index in [-0.39, 0.29) is 25.7 Å². The minimum absolute atomic E-state index is 0.0892. The molecule has 540 valence electrons. The Bertz CT molecular complexity index is 1900. The number of ether oxygens (including phenoxy) is 4. The Morgan fingerprint density at radius 1 is 0.293 bits per heavy atom. The van der Waals surface area contributed by atoms with Gasteiger partial charge in [-0.05, 0) is 103 Å². The molecule has 5 atom stereocenters. The Labute approximate surface area is 560 Å². The van der Waals surface area contributed by atoms with Gasteiger partial charge in [0.2, 0.25) is 0 Å². The summed E-state index contributed by atoms with van der Waals surface area (Å²) in [7, 11) is -9.92. The van der Waals surface area contributed by atoms with E-state index in [1.165, 1.54) is 128 Å². The molecule has 0 aliphatic carbocycles. The van der Waals surface area contributed by atoms with Crippen LogP contribution in [0.3, 0.4) is 0 Å². The van der Waals surface area contributed by atoms with Crippen molar-refractivity contribution in [2.45, 2.75) is 367 Å². The molecule has 0 aromatic heterocycles. The highest BCUT2D eigenvalue weighted by Crippen LogP contribution is 2.45. The number of carbonyl (C=O) groups is 4. The van der Waals surface area contributed by atoms with Crippen LogP contribution < -0.4 is 0 Å². The fraction of sp³-hybridized carbons (Fsp3) is 0.863. The summed E-state index contributed by atoms with van der Waals surface area (Å²) in [5, 5.41) is 10.6. The van der Waals surface area contributed by atoms with Gasteiger partial charge >= 0.3 is 39.5 Å². The predicted octanol–water partition coefficient (Wildman–Crippen LogP) is 20.8. The van der Waals surface area contributed by atoms with Gasteiger partial charge in [-0.25, -0.2) is 9.13 Å². The topological polar surface area (TPSA) is 237 Å². The van der Waals surface area contributed by atoms with Gasteiger partial charge in [-0.3, -0.25) is 37.3 Å². The van der Waals surface area contributed by atoms with Gasteiger partial charge in [-0.1, -0.05) is 257 Å². The zero-order valence-electron chi connectivity index (χ0n) is 58.7. The first-order valence-electron chi connectivity index (χ1n) is 37.2. The molecule has 3 N–H and O–H groups in total. The maximum Gasteiger partial charge on any atom is 0.472 e. The lowest BCUT2D eigenvalue weighted by Crippen LogP contribution is -2.30. The standard InChI is InChI=1S/C73H136O17P2/c1-5-9-13-17-21-25-29-32-33-36-39-42-46-50-54-58-71(76)84-64-69(90-73(78)60-56-52-48-44-40-35-31-27-23-19-15-11-7-3)66-88-92(81,82)86-62-67(74)61-85-91(79,80)87-65-68(89-72(77)59-55-51-47-43-37-28-24-20-16-12-8-4)63-83-70(75)57-53-49-45-41-38-34-30-26-22-18-14-10-6-2/h26-27,30-33,67-69,74H,5-25,28-29,34-66H2,1-4H3,(H,79,80)(H,81,82)/b30-26-,31-27-,33-32-. The van der Waals surface area contributed by atoms with Crippen LogP contribution in [0.2, 0.25) is 0 Å². The predicted molar refractivity (Wildman–Crippen MR) is 372 cm³/mol. The lowest BCUT2D eigenvalue weighted by molar-refractivity contribution is -0.161. The maximum atomic E-state index is 13.0. The van der Waals surface area contributed by atoms with Gasteiger partial charge in [0, 0.05) is 25.7 Å². The van der Waals surface area contributed by atoms with Crippen LogP contribution in [0.25, 0.3) is 0 Å². The fourth-order valence-corrected chi connectivity index (χ4v) is 11.9. The Kier molecular flexibility index (Phi) is 64.9. The van der Waals surface area contributed by atoms with E-state index in [0.29, 0.717) is 25.7 Å². The minimum atomic E-state index is -4.96. The summed E-state index contributed by atoms with van der Waals surface area (Å²) < 4.78 is 68.3. The number of unbranched alkanes of at least 4 members (excludes halogenated alkanes) is 39. The Morgan fingerprint density at radius 3 is 0.761 bits per heavy atom. The van der Waals surface area contributed by atoms with Crippen molar-refractivity contribution in [3.63, 3.8) is 0 Å². The molecule has 5 unspecified atom stereocenters. The molecular weight excluding hydrogens is 1210 g/mol. The van der Waals surface area contributed by atoms with E-state index in [4.69, 9.17) is 37.0 Å². The SMILES string of the molecule is CCCCCC/C=C\CCCCCCCC(=O)OCC(COP(=O)(O)OCC(O)COP(=O)(O)OCC(COC(=O)CCCCCCC/C=C\CCCCCCCC)OC(=O)CCCCCCC/C=C\CCCCCC)OC(=O)CCCCCCCCCCCCC. The summed E-state index contributed by atoms with van der Waals surface area (Å²) >= 11 is 0. The van der Waals surface area contributed by atoms with E-state index in [2.05, 4.69) is 64.2 Å². The van der Waals surface area contributed by atoms with Crippen LogP contribution in [0.1, 0.15) is 349 Å². The number of aliphatic hydroxyl groups is 1. The number of rotatable bonds is 71. The molecule has 17 nitrogen and oxygen atoms in total. The highest BCUT2D eigenvalue weighted by molar-refractivity contribution is 7.47. The molecule has 0 aliphatic heterocycles. The fourth-order valence-electron chi connectivity index (χ4n) is 10.3. The molecule has 0 saturated carbocycles. The van der Waals surface area contributed by atoms with Gasteiger partial charge < -0.3 is 33.8 Å². The van der Waals surface area contributed by atoms with Crippen molar-refractivity contribution in [3.05, 3.63) is 36.5 Å².